The third-order valence-corrected chi connectivity index (χ3v) is 4.59. The van der Waals surface area contributed by atoms with Crippen LogP contribution in [0.25, 0.3) is 0 Å². The summed E-state index contributed by atoms with van der Waals surface area (Å²) in [7, 11) is 0. The van der Waals surface area contributed by atoms with Crippen molar-refractivity contribution in [3.8, 4) is 0 Å². The van der Waals surface area contributed by atoms with Crippen LogP contribution in [0.4, 0.5) is 4.79 Å². The molecular weight excluding hydrogens is 344 g/mol. The molecule has 0 unspecified atom stereocenters. The highest BCUT2D eigenvalue weighted by atomic mass is 35.5. The Morgan fingerprint density at radius 1 is 1.32 bits per heavy atom. The number of nitrogens with one attached hydrogen (secondary N) is 2. The van der Waals surface area contributed by atoms with Crippen molar-refractivity contribution in [2.45, 2.75) is 38.8 Å². The summed E-state index contributed by atoms with van der Waals surface area (Å²) in [5, 5.41) is 5.49. The van der Waals surface area contributed by atoms with Crippen LogP contribution in [0.3, 0.4) is 0 Å². The molecule has 2 rings (SSSR count). The SMILES string of the molecule is CCC(CC)(CN)NC(=O)c1cccc(CN2C(=O)CNC2=O)c1.Cl. The fraction of sp³-hybridized carbons (Fsp3) is 0.471. The summed E-state index contributed by atoms with van der Waals surface area (Å²) < 4.78 is 0. The first-order valence-corrected chi connectivity index (χ1v) is 8.14. The number of amides is 4. The van der Waals surface area contributed by atoms with Gasteiger partial charge in [-0.25, -0.2) is 4.79 Å². The van der Waals surface area contributed by atoms with E-state index in [0.29, 0.717) is 12.1 Å². The summed E-state index contributed by atoms with van der Waals surface area (Å²) in [5.41, 5.74) is 6.61. The molecule has 1 aliphatic rings. The normalized spacial score (nSPS) is 14.1. The van der Waals surface area contributed by atoms with Crippen LogP contribution in [0.5, 0.6) is 0 Å². The van der Waals surface area contributed by atoms with E-state index in [1.165, 1.54) is 0 Å². The van der Waals surface area contributed by atoms with Gasteiger partial charge in [0.2, 0.25) is 5.91 Å². The van der Waals surface area contributed by atoms with Gasteiger partial charge in [0.1, 0.15) is 0 Å². The van der Waals surface area contributed by atoms with Gasteiger partial charge in [0.05, 0.1) is 18.6 Å². The van der Waals surface area contributed by atoms with Crippen LogP contribution in [-0.4, -0.2) is 41.4 Å². The molecule has 7 nitrogen and oxygen atoms in total. The quantitative estimate of drug-likeness (QED) is 0.633. The number of urea groups is 1. The molecule has 4 N–H and O–H groups in total. The minimum absolute atomic E-state index is 0. The van der Waals surface area contributed by atoms with Crippen molar-refractivity contribution in [3.05, 3.63) is 35.4 Å². The minimum Gasteiger partial charge on any atom is -0.345 e. The van der Waals surface area contributed by atoms with Crippen LogP contribution in [-0.2, 0) is 11.3 Å². The van der Waals surface area contributed by atoms with Gasteiger partial charge < -0.3 is 16.4 Å². The topological polar surface area (TPSA) is 105 Å². The Morgan fingerprint density at radius 2 is 2.00 bits per heavy atom. The summed E-state index contributed by atoms with van der Waals surface area (Å²) in [4.78, 5) is 36.9. The van der Waals surface area contributed by atoms with E-state index in [9.17, 15) is 14.4 Å². The van der Waals surface area contributed by atoms with E-state index in [0.717, 1.165) is 23.3 Å². The zero-order valence-corrected chi connectivity index (χ0v) is 15.3. The third kappa shape index (κ3) is 4.70. The Morgan fingerprint density at radius 3 is 2.52 bits per heavy atom. The van der Waals surface area contributed by atoms with E-state index < -0.39 is 11.6 Å². The van der Waals surface area contributed by atoms with E-state index in [4.69, 9.17) is 5.73 Å². The van der Waals surface area contributed by atoms with Crippen molar-refractivity contribution in [2.24, 2.45) is 5.73 Å². The van der Waals surface area contributed by atoms with Crippen LogP contribution < -0.4 is 16.4 Å². The number of carbonyl (C=O) groups is 3. The summed E-state index contributed by atoms with van der Waals surface area (Å²) >= 11 is 0. The van der Waals surface area contributed by atoms with Gasteiger partial charge in [-0.2, -0.15) is 0 Å². The lowest BCUT2D eigenvalue weighted by atomic mass is 9.92. The van der Waals surface area contributed by atoms with E-state index in [1.54, 1.807) is 24.3 Å². The van der Waals surface area contributed by atoms with Crippen LogP contribution in [0.15, 0.2) is 24.3 Å². The molecule has 1 aromatic rings. The molecule has 0 bridgehead atoms. The lowest BCUT2D eigenvalue weighted by Crippen LogP contribution is -2.52. The van der Waals surface area contributed by atoms with Crippen molar-refractivity contribution in [2.75, 3.05) is 13.1 Å². The molecular formula is C17H25ClN4O3. The molecule has 0 atom stereocenters. The molecule has 1 aromatic carbocycles. The molecule has 8 heteroatoms. The molecule has 0 spiro atoms. The molecule has 0 radical (unpaired) electrons. The van der Waals surface area contributed by atoms with Gasteiger partial charge in [-0.3, -0.25) is 14.5 Å². The number of rotatable bonds is 7. The van der Waals surface area contributed by atoms with Crippen LogP contribution in [0.2, 0.25) is 0 Å². The van der Waals surface area contributed by atoms with Gasteiger partial charge >= 0.3 is 6.03 Å². The number of hydrogen-bond donors (Lipinski definition) is 3. The monoisotopic (exact) mass is 368 g/mol. The van der Waals surface area contributed by atoms with Gasteiger partial charge in [-0.15, -0.1) is 12.4 Å². The number of benzene rings is 1. The van der Waals surface area contributed by atoms with E-state index >= 15 is 0 Å². The molecule has 0 aliphatic carbocycles. The molecule has 1 aliphatic heterocycles. The fourth-order valence-electron chi connectivity index (χ4n) is 2.69. The largest absolute Gasteiger partial charge is 0.345 e. The van der Waals surface area contributed by atoms with Crippen LogP contribution >= 0.6 is 12.4 Å². The number of halogens is 1. The summed E-state index contributed by atoms with van der Waals surface area (Å²) in [6.45, 7) is 4.52. The lowest BCUT2D eigenvalue weighted by Gasteiger charge is -2.31. The average Bonchev–Trinajstić information content (AvgIpc) is 2.92. The van der Waals surface area contributed by atoms with Gasteiger partial charge in [0, 0.05) is 12.1 Å². The van der Waals surface area contributed by atoms with E-state index in [2.05, 4.69) is 10.6 Å². The molecule has 1 saturated heterocycles. The first-order valence-electron chi connectivity index (χ1n) is 8.14. The van der Waals surface area contributed by atoms with Crippen molar-refractivity contribution >= 4 is 30.3 Å². The molecule has 1 heterocycles. The first kappa shape index (κ1) is 20.9. The van der Waals surface area contributed by atoms with Crippen LogP contribution in [0, 0.1) is 0 Å². The van der Waals surface area contributed by atoms with Crippen molar-refractivity contribution < 1.29 is 14.4 Å². The Bertz CT molecular complexity index is 622. The standard InChI is InChI=1S/C17H24N4O3.ClH/c1-3-17(4-2,11-18)20-15(23)13-7-5-6-12(8-13)10-21-14(22)9-19-16(21)24;/h5-8H,3-4,9-11,18H2,1-2H3,(H,19,24)(H,20,23);1H. The van der Waals surface area contributed by atoms with Crippen LogP contribution in [0.1, 0.15) is 42.6 Å². The maximum absolute atomic E-state index is 12.5. The average molecular weight is 369 g/mol. The van der Waals surface area contributed by atoms with Crippen molar-refractivity contribution in [1.29, 1.82) is 0 Å². The summed E-state index contributed by atoms with van der Waals surface area (Å²) in [5.74, 6) is -0.475. The number of carbonyl (C=O) groups excluding carboxylic acids is 3. The van der Waals surface area contributed by atoms with Gasteiger partial charge in [0.25, 0.3) is 5.91 Å². The molecule has 0 aromatic heterocycles. The lowest BCUT2D eigenvalue weighted by molar-refractivity contribution is -0.125. The second-order valence-electron chi connectivity index (χ2n) is 5.98. The molecule has 138 valence electrons. The predicted molar refractivity (Wildman–Crippen MR) is 97.5 cm³/mol. The zero-order chi connectivity index (χ0) is 17.7. The van der Waals surface area contributed by atoms with Gasteiger partial charge in [-0.1, -0.05) is 26.0 Å². The Balaban J connectivity index is 0.00000312. The van der Waals surface area contributed by atoms with Crippen molar-refractivity contribution in [3.63, 3.8) is 0 Å². The van der Waals surface area contributed by atoms with E-state index in [1.807, 2.05) is 13.8 Å². The van der Waals surface area contributed by atoms with Gasteiger partial charge in [0.15, 0.2) is 0 Å². The molecule has 0 saturated carbocycles. The zero-order valence-electron chi connectivity index (χ0n) is 14.5. The molecule has 4 amide bonds. The predicted octanol–water partition coefficient (Wildman–Crippen LogP) is 1.41. The summed E-state index contributed by atoms with van der Waals surface area (Å²) in [6.07, 6.45) is 1.49. The highest BCUT2D eigenvalue weighted by Crippen LogP contribution is 2.16. The maximum atomic E-state index is 12.5. The van der Waals surface area contributed by atoms with E-state index in [-0.39, 0.29) is 37.3 Å². The number of hydrogen-bond acceptors (Lipinski definition) is 4. The second kappa shape index (κ2) is 8.82. The summed E-state index contributed by atoms with van der Waals surface area (Å²) in [6, 6.07) is 6.52. The Hall–Kier alpha value is -2.12. The molecule has 1 fully saturated rings. The van der Waals surface area contributed by atoms with Gasteiger partial charge in [-0.05, 0) is 30.5 Å². The number of imide groups is 1. The minimum atomic E-state index is -0.419. The second-order valence-corrected chi connectivity index (χ2v) is 5.98. The highest BCUT2D eigenvalue weighted by molar-refractivity contribution is 6.02. The highest BCUT2D eigenvalue weighted by Gasteiger charge is 2.29. The maximum Gasteiger partial charge on any atom is 0.324 e. The Kier molecular flexibility index (Phi) is 7.38. The van der Waals surface area contributed by atoms with Crippen molar-refractivity contribution in [1.82, 2.24) is 15.5 Å². The smallest absolute Gasteiger partial charge is 0.324 e. The molecule has 25 heavy (non-hydrogen) atoms. The first-order chi connectivity index (χ1) is 11.4. The third-order valence-electron chi connectivity index (χ3n) is 4.59. The fourth-order valence-corrected chi connectivity index (χ4v) is 2.69. The number of nitrogens with two attached hydrogens (primary N) is 1. The Labute approximate surface area is 153 Å². The number of nitrogens with zero attached hydrogens (tertiary/aromatic N) is 1.